The van der Waals surface area contributed by atoms with Gasteiger partial charge in [0.1, 0.15) is 0 Å². The van der Waals surface area contributed by atoms with Crippen molar-refractivity contribution in [3.8, 4) is 0 Å². The van der Waals surface area contributed by atoms with E-state index in [1.165, 1.54) is 5.56 Å². The van der Waals surface area contributed by atoms with Crippen LogP contribution in [-0.2, 0) is 6.54 Å². The Morgan fingerprint density at radius 3 is 2.76 bits per heavy atom. The Bertz CT molecular complexity index is 786. The Morgan fingerprint density at radius 2 is 1.92 bits per heavy atom. The predicted octanol–water partition coefficient (Wildman–Crippen LogP) is 4.69. The molecule has 5 heteroatoms. The molecule has 130 valence electrons. The zero-order valence-corrected chi connectivity index (χ0v) is 15.4. The summed E-state index contributed by atoms with van der Waals surface area (Å²) in [5.74, 6) is 0. The summed E-state index contributed by atoms with van der Waals surface area (Å²) in [6.07, 6.45) is 4.37. The molecule has 2 aromatic carbocycles. The van der Waals surface area contributed by atoms with Crippen LogP contribution in [-0.4, -0.2) is 19.3 Å². The monoisotopic (exact) mass is 373 g/mol. The van der Waals surface area contributed by atoms with Gasteiger partial charge >= 0.3 is 0 Å². The van der Waals surface area contributed by atoms with Crippen molar-refractivity contribution in [2.75, 3.05) is 18.4 Å². The van der Waals surface area contributed by atoms with E-state index in [0.29, 0.717) is 10.0 Å². The third kappa shape index (κ3) is 5.10. The van der Waals surface area contributed by atoms with Crippen LogP contribution in [0.3, 0.4) is 0 Å². The third-order valence-corrected chi connectivity index (χ3v) is 4.74. The molecule has 0 saturated carbocycles. The maximum atomic E-state index is 6.03. The summed E-state index contributed by atoms with van der Waals surface area (Å²) in [5.41, 5.74) is 4.55. The van der Waals surface area contributed by atoms with Crippen molar-refractivity contribution in [3.05, 3.63) is 81.9 Å². The summed E-state index contributed by atoms with van der Waals surface area (Å²) in [5, 5.41) is 11.4. The van der Waals surface area contributed by atoms with Crippen LogP contribution in [0.4, 0.5) is 5.69 Å². The predicted molar refractivity (Wildman–Crippen MR) is 108 cm³/mol. The van der Waals surface area contributed by atoms with Crippen LogP contribution in [0.1, 0.15) is 11.1 Å². The molecule has 3 N–H and O–H groups in total. The number of para-hydroxylation sites is 1. The Morgan fingerprint density at radius 1 is 1.08 bits per heavy atom. The molecule has 0 aromatic heterocycles. The minimum Gasteiger partial charge on any atom is -0.366 e. The first-order valence-electron chi connectivity index (χ1n) is 8.20. The van der Waals surface area contributed by atoms with Gasteiger partial charge in [0.05, 0.1) is 16.2 Å². The molecular weight excluding hydrogens is 353 g/mol. The van der Waals surface area contributed by atoms with E-state index in [4.69, 9.17) is 23.2 Å². The van der Waals surface area contributed by atoms with E-state index in [1.807, 2.05) is 30.3 Å². The highest BCUT2D eigenvalue weighted by Crippen LogP contribution is 2.23. The summed E-state index contributed by atoms with van der Waals surface area (Å²) in [6, 6.07) is 13.9. The number of halogens is 2. The van der Waals surface area contributed by atoms with Crippen LogP contribution in [0.2, 0.25) is 10.0 Å². The van der Waals surface area contributed by atoms with Crippen molar-refractivity contribution in [1.82, 2.24) is 10.6 Å². The molecule has 0 radical (unpaired) electrons. The van der Waals surface area contributed by atoms with Crippen molar-refractivity contribution in [1.29, 1.82) is 0 Å². The average Bonchev–Trinajstić information content (AvgIpc) is 2.63. The second-order valence-corrected chi connectivity index (χ2v) is 6.87. The number of nitrogens with one attached hydrogen (secondary N) is 3. The Labute approximate surface area is 158 Å². The van der Waals surface area contributed by atoms with Crippen LogP contribution in [0.5, 0.6) is 0 Å². The number of anilines is 1. The number of fused-ring (bicyclic) bond motifs is 1. The average molecular weight is 374 g/mol. The fourth-order valence-corrected chi connectivity index (χ4v) is 2.98. The molecule has 3 rings (SSSR count). The molecule has 0 aliphatic carbocycles. The first kappa shape index (κ1) is 18.0. The van der Waals surface area contributed by atoms with Gasteiger partial charge in [0, 0.05) is 25.3 Å². The highest BCUT2D eigenvalue weighted by Gasteiger charge is 2.11. The lowest BCUT2D eigenvalue weighted by atomic mass is 10.1. The van der Waals surface area contributed by atoms with E-state index < -0.39 is 0 Å². The van der Waals surface area contributed by atoms with E-state index in [2.05, 4.69) is 46.8 Å². The van der Waals surface area contributed by atoms with Gasteiger partial charge in [-0.25, -0.2) is 0 Å². The molecule has 0 bridgehead atoms. The van der Waals surface area contributed by atoms with Gasteiger partial charge in [-0.1, -0.05) is 60.1 Å². The summed E-state index contributed by atoms with van der Waals surface area (Å²) in [4.78, 5) is 0. The zero-order chi connectivity index (χ0) is 17.6. The van der Waals surface area contributed by atoms with Crippen LogP contribution < -0.4 is 16.0 Å². The third-order valence-electron chi connectivity index (χ3n) is 4.00. The second-order valence-electron chi connectivity index (χ2n) is 6.05. The minimum absolute atomic E-state index is 0.113. The van der Waals surface area contributed by atoms with Crippen molar-refractivity contribution in [2.45, 2.75) is 12.7 Å². The molecule has 2 aromatic rings. The van der Waals surface area contributed by atoms with Gasteiger partial charge in [-0.2, -0.15) is 0 Å². The lowest BCUT2D eigenvalue weighted by Gasteiger charge is -2.23. The van der Waals surface area contributed by atoms with Gasteiger partial charge in [-0.05, 0) is 41.0 Å². The van der Waals surface area contributed by atoms with Crippen molar-refractivity contribution in [3.63, 3.8) is 0 Å². The van der Waals surface area contributed by atoms with Gasteiger partial charge in [0.2, 0.25) is 0 Å². The summed E-state index contributed by atoms with van der Waals surface area (Å²) < 4.78 is 0. The molecule has 1 aliphatic rings. The minimum atomic E-state index is 0.113. The Balaban J connectivity index is 1.39. The Hall–Kier alpha value is -1.78. The molecule has 0 fully saturated rings. The topological polar surface area (TPSA) is 36.1 Å². The highest BCUT2D eigenvalue weighted by molar-refractivity contribution is 6.42. The summed E-state index contributed by atoms with van der Waals surface area (Å²) in [7, 11) is 0. The van der Waals surface area contributed by atoms with E-state index in [1.54, 1.807) is 0 Å². The molecule has 1 unspecified atom stereocenters. The van der Waals surface area contributed by atoms with Crippen molar-refractivity contribution < 1.29 is 0 Å². The molecule has 0 spiro atoms. The normalized spacial score (nSPS) is 15.5. The van der Waals surface area contributed by atoms with Gasteiger partial charge in [0.25, 0.3) is 0 Å². The summed E-state index contributed by atoms with van der Waals surface area (Å²) >= 11 is 12.0. The smallest absolute Gasteiger partial charge is 0.0966 e. The molecule has 1 aliphatic heterocycles. The maximum absolute atomic E-state index is 6.03. The number of benzene rings is 2. The van der Waals surface area contributed by atoms with Gasteiger partial charge in [-0.3, -0.25) is 5.32 Å². The largest absolute Gasteiger partial charge is 0.366 e. The molecule has 1 atom stereocenters. The molecule has 25 heavy (non-hydrogen) atoms. The summed E-state index contributed by atoms with van der Waals surface area (Å²) in [6.45, 7) is 6.32. The van der Waals surface area contributed by atoms with E-state index in [0.717, 1.165) is 36.5 Å². The molecule has 1 heterocycles. The van der Waals surface area contributed by atoms with Gasteiger partial charge < -0.3 is 10.6 Å². The van der Waals surface area contributed by atoms with E-state index in [-0.39, 0.29) is 6.17 Å². The SMILES string of the molecule is C=C(CNCc1ccc(Cl)c(Cl)c1)CNC1C=Cc2ccccc2N1. The molecule has 3 nitrogen and oxygen atoms in total. The maximum Gasteiger partial charge on any atom is 0.0966 e. The van der Waals surface area contributed by atoms with Crippen molar-refractivity contribution in [2.24, 2.45) is 0 Å². The van der Waals surface area contributed by atoms with Crippen LogP contribution in [0, 0.1) is 0 Å². The molecule has 0 saturated heterocycles. The standard InChI is InChI=1S/C20H21Cl2N3/c1-14(11-23-13-15-6-8-17(21)18(22)10-15)12-24-20-9-7-16-4-2-3-5-19(16)25-20/h2-10,20,23-25H,1,11-13H2. The van der Waals surface area contributed by atoms with E-state index >= 15 is 0 Å². The first-order chi connectivity index (χ1) is 12.1. The van der Waals surface area contributed by atoms with E-state index in [9.17, 15) is 0 Å². The lowest BCUT2D eigenvalue weighted by Crippen LogP contribution is -2.38. The van der Waals surface area contributed by atoms with Crippen LogP contribution in [0.15, 0.2) is 60.7 Å². The number of hydrogen-bond acceptors (Lipinski definition) is 3. The molecule has 0 amide bonds. The Kier molecular flexibility index (Phi) is 6.16. The number of hydrogen-bond donors (Lipinski definition) is 3. The quantitative estimate of drug-likeness (QED) is 0.615. The highest BCUT2D eigenvalue weighted by atomic mass is 35.5. The van der Waals surface area contributed by atoms with Gasteiger partial charge in [0.15, 0.2) is 0 Å². The van der Waals surface area contributed by atoms with Crippen LogP contribution >= 0.6 is 23.2 Å². The molecular formula is C20H21Cl2N3. The fourth-order valence-electron chi connectivity index (χ4n) is 2.66. The fraction of sp³-hybridized carbons (Fsp3) is 0.200. The van der Waals surface area contributed by atoms with Crippen molar-refractivity contribution >= 4 is 35.0 Å². The zero-order valence-electron chi connectivity index (χ0n) is 13.9. The number of rotatable bonds is 7. The first-order valence-corrected chi connectivity index (χ1v) is 8.96. The second kappa shape index (κ2) is 8.54. The van der Waals surface area contributed by atoms with Crippen LogP contribution in [0.25, 0.3) is 6.08 Å². The van der Waals surface area contributed by atoms with Gasteiger partial charge in [-0.15, -0.1) is 0 Å². The lowest BCUT2D eigenvalue weighted by molar-refractivity contribution is 0.652.